The number of nitrogens with zero attached hydrogens (tertiary/aromatic N) is 4. The number of aromatic nitrogens is 2. The average molecular weight is 488 g/mol. The highest BCUT2D eigenvalue weighted by Crippen LogP contribution is 2.30. The van der Waals surface area contributed by atoms with Crippen LogP contribution in [-0.2, 0) is 13.2 Å². The molecule has 3 aromatic rings. The van der Waals surface area contributed by atoms with Crippen LogP contribution in [0.15, 0.2) is 60.8 Å². The van der Waals surface area contributed by atoms with Gasteiger partial charge in [-0.3, -0.25) is 4.90 Å². The molecule has 2 saturated heterocycles. The maximum absolute atomic E-state index is 6.02. The van der Waals surface area contributed by atoms with Crippen molar-refractivity contribution in [1.82, 2.24) is 14.9 Å². The van der Waals surface area contributed by atoms with Crippen LogP contribution in [-0.4, -0.2) is 54.2 Å². The maximum Gasteiger partial charge on any atom is 0.224 e. The van der Waals surface area contributed by atoms with Crippen LogP contribution in [0.3, 0.4) is 0 Å². The second-order valence-electron chi connectivity index (χ2n) is 9.76. The zero-order chi connectivity index (χ0) is 24.6. The van der Waals surface area contributed by atoms with E-state index in [4.69, 9.17) is 14.5 Å². The number of likely N-dealkylation sites (tertiary alicyclic amines) is 1. The van der Waals surface area contributed by atoms with Crippen molar-refractivity contribution < 1.29 is 9.47 Å². The number of ether oxygens (including phenoxy) is 2. The van der Waals surface area contributed by atoms with Gasteiger partial charge in [-0.15, -0.1) is 0 Å². The van der Waals surface area contributed by atoms with E-state index in [9.17, 15) is 0 Å². The van der Waals surface area contributed by atoms with E-state index in [0.29, 0.717) is 12.6 Å². The van der Waals surface area contributed by atoms with Crippen LogP contribution in [0, 0.1) is 0 Å². The zero-order valence-electron chi connectivity index (χ0n) is 21.2. The fraction of sp³-hybridized carbons (Fsp3) is 0.448. The molecule has 1 aromatic heterocycles. The Labute approximate surface area is 214 Å². The molecule has 0 aliphatic carbocycles. The van der Waals surface area contributed by atoms with Gasteiger partial charge in [0.15, 0.2) is 11.5 Å². The molecule has 0 spiro atoms. The third-order valence-electron chi connectivity index (χ3n) is 7.05. The first-order valence-corrected chi connectivity index (χ1v) is 13.2. The lowest BCUT2D eigenvalue weighted by Gasteiger charge is -2.22. The third-order valence-corrected chi connectivity index (χ3v) is 7.05. The van der Waals surface area contributed by atoms with E-state index < -0.39 is 0 Å². The van der Waals surface area contributed by atoms with E-state index in [-0.39, 0.29) is 0 Å². The summed E-state index contributed by atoms with van der Waals surface area (Å²) in [6, 6.07) is 18.8. The lowest BCUT2D eigenvalue weighted by molar-refractivity contribution is 0.283. The molecule has 7 heteroatoms. The van der Waals surface area contributed by atoms with Crippen molar-refractivity contribution in [3.63, 3.8) is 0 Å². The summed E-state index contributed by atoms with van der Waals surface area (Å²) in [5.74, 6) is 3.33. The smallest absolute Gasteiger partial charge is 0.224 e. The first-order chi connectivity index (χ1) is 17.8. The van der Waals surface area contributed by atoms with Crippen LogP contribution in [0.1, 0.15) is 43.2 Å². The number of nitrogens with one attached hydrogen (secondary N) is 1. The first-order valence-electron chi connectivity index (χ1n) is 13.2. The highest BCUT2D eigenvalue weighted by Gasteiger charge is 2.24. The number of anilines is 2. The van der Waals surface area contributed by atoms with E-state index in [1.165, 1.54) is 31.2 Å². The van der Waals surface area contributed by atoms with Crippen LogP contribution in [0.2, 0.25) is 0 Å². The molecule has 1 N–H and O–H groups in total. The van der Waals surface area contributed by atoms with Crippen LogP contribution in [0.5, 0.6) is 11.5 Å². The number of methoxy groups -OCH3 is 1. The monoisotopic (exact) mass is 487 g/mol. The van der Waals surface area contributed by atoms with Crippen molar-refractivity contribution in [2.45, 2.75) is 51.3 Å². The number of rotatable bonds is 9. The molecule has 0 bridgehead atoms. The van der Waals surface area contributed by atoms with Crippen molar-refractivity contribution in [3.05, 3.63) is 71.9 Å². The Kier molecular flexibility index (Phi) is 8.18. The molecule has 1 atom stereocenters. The Balaban J connectivity index is 1.14. The molecular formula is C29H37N5O2. The first kappa shape index (κ1) is 24.4. The summed E-state index contributed by atoms with van der Waals surface area (Å²) in [7, 11) is 1.70. The van der Waals surface area contributed by atoms with Gasteiger partial charge in [-0.25, -0.2) is 4.98 Å². The minimum atomic E-state index is 0.347. The minimum Gasteiger partial charge on any atom is -0.493 e. The summed E-state index contributed by atoms with van der Waals surface area (Å²) in [6.45, 7) is 5.59. The van der Waals surface area contributed by atoms with Crippen molar-refractivity contribution in [2.24, 2.45) is 0 Å². The molecule has 0 amide bonds. The summed E-state index contributed by atoms with van der Waals surface area (Å²) in [5, 5.41) is 3.58. The quantitative estimate of drug-likeness (QED) is 0.449. The van der Waals surface area contributed by atoms with E-state index in [2.05, 4.69) is 44.4 Å². The van der Waals surface area contributed by atoms with Gasteiger partial charge in [0, 0.05) is 45.0 Å². The van der Waals surface area contributed by atoms with Crippen LogP contribution >= 0.6 is 0 Å². The predicted molar refractivity (Wildman–Crippen MR) is 144 cm³/mol. The molecule has 3 heterocycles. The molecular weight excluding hydrogens is 450 g/mol. The summed E-state index contributed by atoms with van der Waals surface area (Å²) >= 11 is 0. The topological polar surface area (TPSA) is 62.8 Å². The Hall–Kier alpha value is -3.32. The van der Waals surface area contributed by atoms with Crippen LogP contribution in [0.25, 0.3) is 0 Å². The number of hydrogen-bond donors (Lipinski definition) is 1. The SMILES string of the molecule is COc1cc(CN2CCC(Nc3nccc(N4CCCCCC4)n3)C2)ccc1OCc1ccccc1. The number of hydrogen-bond acceptors (Lipinski definition) is 7. The standard InChI is InChI=1S/C29H37N5O2/c1-35-27-19-24(11-12-26(27)36-22-23-9-5-4-6-10-23)20-33-18-14-25(21-33)31-29-30-15-13-28(32-29)34-16-7-2-3-8-17-34/h4-6,9-13,15,19,25H,2-3,7-8,14,16-18,20-22H2,1H3,(H,30,31,32). The fourth-order valence-corrected chi connectivity index (χ4v) is 5.09. The average Bonchev–Trinajstić information content (AvgIpc) is 3.17. The molecule has 5 rings (SSSR count). The van der Waals surface area contributed by atoms with Gasteiger partial charge < -0.3 is 19.7 Å². The zero-order valence-corrected chi connectivity index (χ0v) is 21.2. The van der Waals surface area contributed by atoms with Crippen LogP contribution < -0.4 is 19.7 Å². The molecule has 1 unspecified atom stereocenters. The van der Waals surface area contributed by atoms with Gasteiger partial charge in [0.2, 0.25) is 5.95 Å². The van der Waals surface area contributed by atoms with E-state index in [1.54, 1.807) is 7.11 Å². The van der Waals surface area contributed by atoms with Gasteiger partial charge in [0.25, 0.3) is 0 Å². The van der Waals surface area contributed by atoms with Crippen molar-refractivity contribution >= 4 is 11.8 Å². The molecule has 190 valence electrons. The van der Waals surface area contributed by atoms with Crippen molar-refractivity contribution in [3.8, 4) is 11.5 Å². The summed E-state index contributed by atoms with van der Waals surface area (Å²) in [5.41, 5.74) is 2.36. The lowest BCUT2D eigenvalue weighted by Crippen LogP contribution is -2.28. The fourth-order valence-electron chi connectivity index (χ4n) is 5.09. The molecule has 0 saturated carbocycles. The minimum absolute atomic E-state index is 0.347. The summed E-state index contributed by atoms with van der Waals surface area (Å²) < 4.78 is 11.6. The van der Waals surface area contributed by atoms with E-state index >= 15 is 0 Å². The van der Waals surface area contributed by atoms with Gasteiger partial charge in [-0.05, 0) is 48.6 Å². The van der Waals surface area contributed by atoms with Gasteiger partial charge in [-0.1, -0.05) is 49.2 Å². The molecule has 0 radical (unpaired) electrons. The van der Waals surface area contributed by atoms with Crippen LogP contribution in [0.4, 0.5) is 11.8 Å². The number of benzene rings is 2. The lowest BCUT2D eigenvalue weighted by atomic mass is 10.2. The van der Waals surface area contributed by atoms with E-state index in [0.717, 1.165) is 68.0 Å². The summed E-state index contributed by atoms with van der Waals surface area (Å²) in [4.78, 5) is 14.2. The Morgan fingerprint density at radius 2 is 1.75 bits per heavy atom. The van der Waals surface area contributed by atoms with Gasteiger partial charge in [0.05, 0.1) is 7.11 Å². The van der Waals surface area contributed by atoms with Gasteiger partial charge >= 0.3 is 0 Å². The summed E-state index contributed by atoms with van der Waals surface area (Å²) in [6.07, 6.45) is 8.09. The molecule has 2 fully saturated rings. The largest absolute Gasteiger partial charge is 0.493 e. The predicted octanol–water partition coefficient (Wildman–Crippen LogP) is 5.13. The second-order valence-corrected chi connectivity index (χ2v) is 9.76. The second kappa shape index (κ2) is 12.1. The molecule has 2 aliphatic rings. The van der Waals surface area contributed by atoms with Gasteiger partial charge in [-0.2, -0.15) is 4.98 Å². The van der Waals surface area contributed by atoms with E-state index in [1.807, 2.05) is 36.5 Å². The molecule has 7 nitrogen and oxygen atoms in total. The van der Waals surface area contributed by atoms with Gasteiger partial charge in [0.1, 0.15) is 12.4 Å². The highest BCUT2D eigenvalue weighted by molar-refractivity contribution is 5.44. The third kappa shape index (κ3) is 6.46. The van der Waals surface area contributed by atoms with Crippen molar-refractivity contribution in [2.75, 3.05) is 43.5 Å². The Morgan fingerprint density at radius 1 is 0.917 bits per heavy atom. The highest BCUT2D eigenvalue weighted by atomic mass is 16.5. The molecule has 2 aliphatic heterocycles. The Bertz CT molecular complexity index is 1100. The maximum atomic E-state index is 6.02. The van der Waals surface area contributed by atoms with Crippen molar-refractivity contribution in [1.29, 1.82) is 0 Å². The Morgan fingerprint density at radius 3 is 2.56 bits per heavy atom. The normalized spacial score (nSPS) is 18.6. The molecule has 36 heavy (non-hydrogen) atoms. The molecule has 2 aromatic carbocycles.